The molecule has 0 radical (unpaired) electrons. The molecule has 0 aliphatic heterocycles. The summed E-state index contributed by atoms with van der Waals surface area (Å²) in [5.74, 6) is 0.713. The lowest BCUT2D eigenvalue weighted by molar-refractivity contribution is -0.384. The molecular weight excluding hydrogens is 449 g/mol. The van der Waals surface area contributed by atoms with Gasteiger partial charge in [0.25, 0.3) is 5.69 Å². The molecule has 9 heteroatoms. The Bertz CT molecular complexity index is 1040. The highest BCUT2D eigenvalue weighted by molar-refractivity contribution is 6.37. The molecule has 0 atom stereocenters. The number of rotatable bonds is 8. The van der Waals surface area contributed by atoms with Crippen LogP contribution in [0.5, 0.6) is 11.5 Å². The maximum atomic E-state index is 10.9. The maximum absolute atomic E-state index is 10.9. The summed E-state index contributed by atoms with van der Waals surface area (Å²) in [4.78, 5) is 18.8. The van der Waals surface area contributed by atoms with Crippen LogP contribution in [0.25, 0.3) is 0 Å². The molecule has 0 bridgehead atoms. The van der Waals surface area contributed by atoms with Gasteiger partial charge in [-0.25, -0.2) is 9.97 Å². The van der Waals surface area contributed by atoms with Crippen molar-refractivity contribution in [1.82, 2.24) is 9.97 Å². The Labute approximate surface area is 188 Å². The summed E-state index contributed by atoms with van der Waals surface area (Å²) in [6.07, 6.45) is 4.83. The van der Waals surface area contributed by atoms with Gasteiger partial charge in [0, 0.05) is 12.1 Å². The van der Waals surface area contributed by atoms with Gasteiger partial charge in [0.05, 0.1) is 31.4 Å². The first kappa shape index (κ1) is 22.3. The van der Waals surface area contributed by atoms with Crippen LogP contribution in [-0.4, -0.2) is 14.9 Å². The molecule has 0 amide bonds. The van der Waals surface area contributed by atoms with Crippen molar-refractivity contribution in [2.24, 2.45) is 0 Å². The third kappa shape index (κ3) is 5.39. The van der Waals surface area contributed by atoms with Crippen LogP contribution in [0, 0.1) is 10.1 Å². The number of hydrogen-bond donors (Lipinski definition) is 0. The number of non-ortho nitro benzene ring substituents is 1. The molecule has 3 aromatic rings. The van der Waals surface area contributed by atoms with Crippen LogP contribution in [0.2, 0.25) is 15.1 Å². The predicted molar refractivity (Wildman–Crippen MR) is 118 cm³/mol. The van der Waals surface area contributed by atoms with E-state index in [-0.39, 0.29) is 21.5 Å². The van der Waals surface area contributed by atoms with E-state index < -0.39 is 4.92 Å². The molecule has 3 rings (SSSR count). The number of nitro groups is 1. The molecule has 0 unspecified atom stereocenters. The van der Waals surface area contributed by atoms with Crippen molar-refractivity contribution in [3.63, 3.8) is 0 Å². The minimum atomic E-state index is -0.561. The summed E-state index contributed by atoms with van der Waals surface area (Å²) in [6.45, 7) is 2.01. The minimum absolute atomic E-state index is 0.0754. The van der Waals surface area contributed by atoms with Crippen molar-refractivity contribution in [2.75, 3.05) is 0 Å². The fourth-order valence-electron chi connectivity index (χ4n) is 2.92. The highest BCUT2D eigenvalue weighted by Gasteiger charge is 2.16. The summed E-state index contributed by atoms with van der Waals surface area (Å²) in [5.41, 5.74) is 2.67. The van der Waals surface area contributed by atoms with Crippen molar-refractivity contribution in [3.05, 3.63) is 84.9 Å². The molecule has 2 aromatic carbocycles. The molecule has 1 heterocycles. The van der Waals surface area contributed by atoms with Crippen molar-refractivity contribution >= 4 is 40.5 Å². The number of halogens is 3. The predicted octanol–water partition coefficient (Wildman–Crippen LogP) is 6.88. The molecule has 0 aliphatic carbocycles. The van der Waals surface area contributed by atoms with E-state index in [1.165, 1.54) is 12.1 Å². The molecule has 6 nitrogen and oxygen atoms in total. The normalized spacial score (nSPS) is 10.8. The van der Waals surface area contributed by atoms with E-state index in [2.05, 4.69) is 9.97 Å². The Morgan fingerprint density at radius 2 is 1.63 bits per heavy atom. The average Bonchev–Trinajstić information content (AvgIpc) is 2.72. The molecule has 0 saturated heterocycles. The van der Waals surface area contributed by atoms with Gasteiger partial charge >= 0.3 is 0 Å². The summed E-state index contributed by atoms with van der Waals surface area (Å²) in [7, 11) is 0. The summed E-state index contributed by atoms with van der Waals surface area (Å²) in [6, 6.07) is 9.91. The Kier molecular flexibility index (Phi) is 7.48. The quantitative estimate of drug-likeness (QED) is 0.267. The summed E-state index contributed by atoms with van der Waals surface area (Å²) < 4.78 is 5.72. The lowest BCUT2D eigenvalue weighted by Gasteiger charge is -2.10. The SMILES string of the molecule is CCc1ncnc(CCCc2ccc(Oc3c(Cl)cc([N+](=O)[O-])cc3Cl)cc2)c1Cl. The van der Waals surface area contributed by atoms with E-state index in [4.69, 9.17) is 39.5 Å². The third-order valence-corrected chi connectivity index (χ3v) is 5.48. The molecule has 156 valence electrons. The van der Waals surface area contributed by atoms with E-state index >= 15 is 0 Å². The number of aryl methyl sites for hydroxylation is 3. The van der Waals surface area contributed by atoms with Crippen LogP contribution in [0.15, 0.2) is 42.7 Å². The Hall–Kier alpha value is -2.41. The molecule has 30 heavy (non-hydrogen) atoms. The molecule has 0 N–H and O–H groups in total. The van der Waals surface area contributed by atoms with Crippen LogP contribution < -0.4 is 4.74 Å². The van der Waals surface area contributed by atoms with E-state index in [9.17, 15) is 10.1 Å². The van der Waals surface area contributed by atoms with Gasteiger partial charge in [0.15, 0.2) is 5.75 Å². The summed E-state index contributed by atoms with van der Waals surface area (Å²) in [5, 5.41) is 11.7. The van der Waals surface area contributed by atoms with Gasteiger partial charge in [-0.3, -0.25) is 10.1 Å². The number of ether oxygens (including phenoxy) is 1. The van der Waals surface area contributed by atoms with E-state index in [0.29, 0.717) is 10.8 Å². The van der Waals surface area contributed by atoms with Gasteiger partial charge < -0.3 is 4.74 Å². The van der Waals surface area contributed by atoms with Gasteiger partial charge in [0.1, 0.15) is 12.1 Å². The lowest BCUT2D eigenvalue weighted by atomic mass is 10.1. The van der Waals surface area contributed by atoms with Gasteiger partial charge in [-0.2, -0.15) is 0 Å². The number of benzene rings is 2. The van der Waals surface area contributed by atoms with Gasteiger partial charge in [-0.15, -0.1) is 0 Å². The smallest absolute Gasteiger partial charge is 0.272 e. The van der Waals surface area contributed by atoms with Crippen LogP contribution in [0.4, 0.5) is 5.69 Å². The topological polar surface area (TPSA) is 78.2 Å². The van der Waals surface area contributed by atoms with E-state index in [0.717, 1.165) is 42.6 Å². The Morgan fingerprint density at radius 1 is 1.00 bits per heavy atom. The zero-order valence-corrected chi connectivity index (χ0v) is 18.3. The highest BCUT2D eigenvalue weighted by atomic mass is 35.5. The van der Waals surface area contributed by atoms with Crippen molar-refractivity contribution in [1.29, 1.82) is 0 Å². The van der Waals surface area contributed by atoms with Crippen LogP contribution in [0.3, 0.4) is 0 Å². The first-order valence-electron chi connectivity index (χ1n) is 9.27. The Balaban J connectivity index is 1.61. The minimum Gasteiger partial charge on any atom is -0.454 e. The van der Waals surface area contributed by atoms with Crippen LogP contribution in [-0.2, 0) is 19.3 Å². The fourth-order valence-corrected chi connectivity index (χ4v) is 3.80. The molecule has 0 spiro atoms. The molecule has 0 fully saturated rings. The van der Waals surface area contributed by atoms with Crippen molar-refractivity contribution in [3.8, 4) is 11.5 Å². The number of nitrogens with zero attached hydrogens (tertiary/aromatic N) is 3. The van der Waals surface area contributed by atoms with Crippen molar-refractivity contribution in [2.45, 2.75) is 32.6 Å². The standard InChI is InChI=1S/C21H18Cl3N3O3/c1-2-18-20(24)19(26-12-25-18)5-3-4-13-6-8-15(9-7-13)30-21-16(22)10-14(27(28)29)11-17(21)23/h6-12H,2-5H2,1H3. The first-order chi connectivity index (χ1) is 14.4. The van der Waals surface area contributed by atoms with Crippen LogP contribution >= 0.6 is 34.8 Å². The largest absolute Gasteiger partial charge is 0.454 e. The Morgan fingerprint density at radius 3 is 2.23 bits per heavy atom. The van der Waals surface area contributed by atoms with Gasteiger partial charge in [-0.05, 0) is 43.4 Å². The second-order valence-corrected chi connectivity index (χ2v) is 7.72. The second-order valence-electron chi connectivity index (χ2n) is 6.53. The van der Waals surface area contributed by atoms with Gasteiger partial charge in [-0.1, -0.05) is 53.9 Å². The number of nitro benzene ring substituents is 1. The maximum Gasteiger partial charge on any atom is 0.272 e. The zero-order valence-electron chi connectivity index (χ0n) is 16.1. The zero-order chi connectivity index (χ0) is 21.7. The van der Waals surface area contributed by atoms with Crippen molar-refractivity contribution < 1.29 is 9.66 Å². The molecular formula is C21H18Cl3N3O3. The molecule has 0 aliphatic rings. The number of hydrogen-bond acceptors (Lipinski definition) is 5. The molecule has 1 aromatic heterocycles. The number of aromatic nitrogens is 2. The lowest BCUT2D eigenvalue weighted by Crippen LogP contribution is -1.99. The summed E-state index contributed by atoms with van der Waals surface area (Å²) >= 11 is 18.5. The van der Waals surface area contributed by atoms with Gasteiger partial charge in [0.2, 0.25) is 0 Å². The van der Waals surface area contributed by atoms with E-state index in [1.807, 2.05) is 19.1 Å². The first-order valence-corrected chi connectivity index (χ1v) is 10.4. The second kappa shape index (κ2) is 10.1. The van der Waals surface area contributed by atoms with Crippen LogP contribution in [0.1, 0.15) is 30.3 Å². The highest BCUT2D eigenvalue weighted by Crippen LogP contribution is 2.39. The fraction of sp³-hybridized carbons (Fsp3) is 0.238. The van der Waals surface area contributed by atoms with E-state index in [1.54, 1.807) is 18.5 Å². The third-order valence-electron chi connectivity index (χ3n) is 4.48. The monoisotopic (exact) mass is 465 g/mol. The average molecular weight is 467 g/mol. The molecule has 0 saturated carbocycles.